The van der Waals surface area contributed by atoms with Gasteiger partial charge in [0.15, 0.2) is 12.1 Å². The molecule has 11 heteroatoms. The summed E-state index contributed by atoms with van der Waals surface area (Å²) in [7, 11) is 2.60. The van der Waals surface area contributed by atoms with E-state index >= 15 is 0 Å². The summed E-state index contributed by atoms with van der Waals surface area (Å²) in [6.07, 6.45) is 5.87. The molecule has 1 saturated heterocycles. The van der Waals surface area contributed by atoms with Crippen molar-refractivity contribution in [2.45, 2.75) is 52.1 Å². The van der Waals surface area contributed by atoms with Crippen LogP contribution >= 0.6 is 0 Å². The number of aliphatic imine (C=N–C) groups is 1. The van der Waals surface area contributed by atoms with Crippen molar-refractivity contribution in [1.82, 2.24) is 25.5 Å². The number of aldehydes is 1. The number of benzene rings is 2. The molecule has 4 rings (SSSR count). The van der Waals surface area contributed by atoms with E-state index in [0.29, 0.717) is 48.0 Å². The maximum absolute atomic E-state index is 12.7. The van der Waals surface area contributed by atoms with Gasteiger partial charge in [0, 0.05) is 32.8 Å². The number of carbonyl (C=O) groups is 2. The number of hydrogen-bond acceptors (Lipinski definition) is 9. The summed E-state index contributed by atoms with van der Waals surface area (Å²) in [5, 5.41) is 23.1. The molecule has 2 aliphatic heterocycles. The van der Waals surface area contributed by atoms with E-state index < -0.39 is 0 Å². The summed E-state index contributed by atoms with van der Waals surface area (Å²) in [5.74, 6) is 1.87. The van der Waals surface area contributed by atoms with Crippen molar-refractivity contribution in [2.24, 2.45) is 10.9 Å². The minimum atomic E-state index is -0.314. The Balaban J connectivity index is 0.00000282. The van der Waals surface area contributed by atoms with Crippen LogP contribution in [-0.2, 0) is 17.9 Å². The number of likely N-dealkylation sites (tertiary alicyclic amines) is 1. The standard InChI is InChI=1S/C34H45N7O3.CH4O/c1-5-6-18-37-33-31(32(35)36-3)38-25(2)41(33)23-28-13-11-27(12-14-28)22-40-19-15-26(16-20-40)17-21-44-39(4)34(43)30-10-8-7-9-29(30)24-42;1-2/h7-14,24,26,35,37-38H,2-3,5-6,15-23H2,1,4H3;2H,1H3. The van der Waals surface area contributed by atoms with Crippen LogP contribution in [0.5, 0.6) is 0 Å². The quantitative estimate of drug-likeness (QED) is 0.0741. The van der Waals surface area contributed by atoms with E-state index in [0.717, 1.165) is 76.8 Å². The van der Waals surface area contributed by atoms with E-state index in [1.807, 2.05) is 0 Å². The molecule has 0 aromatic heterocycles. The summed E-state index contributed by atoms with van der Waals surface area (Å²) in [6.45, 7) is 14.7. The highest BCUT2D eigenvalue weighted by Crippen LogP contribution is 2.25. The first kappa shape index (κ1) is 36.2. The van der Waals surface area contributed by atoms with Gasteiger partial charge >= 0.3 is 0 Å². The summed E-state index contributed by atoms with van der Waals surface area (Å²) in [5.41, 5.74) is 3.75. The molecule has 46 heavy (non-hydrogen) atoms. The van der Waals surface area contributed by atoms with Crippen molar-refractivity contribution in [2.75, 3.05) is 40.4 Å². The Morgan fingerprint density at radius 1 is 1.15 bits per heavy atom. The summed E-state index contributed by atoms with van der Waals surface area (Å²) in [4.78, 5) is 38.0. The third-order valence-electron chi connectivity index (χ3n) is 8.21. The Morgan fingerprint density at radius 3 is 2.43 bits per heavy atom. The lowest BCUT2D eigenvalue weighted by molar-refractivity contribution is -0.110. The number of nitrogens with one attached hydrogen (secondary N) is 3. The molecule has 0 atom stereocenters. The number of amides is 1. The van der Waals surface area contributed by atoms with Crippen molar-refractivity contribution in [3.8, 4) is 0 Å². The van der Waals surface area contributed by atoms with Crippen LogP contribution < -0.4 is 10.6 Å². The van der Waals surface area contributed by atoms with E-state index in [9.17, 15) is 9.59 Å². The zero-order chi connectivity index (χ0) is 33.5. The van der Waals surface area contributed by atoms with Crippen molar-refractivity contribution in [1.29, 1.82) is 5.41 Å². The predicted molar refractivity (Wildman–Crippen MR) is 182 cm³/mol. The van der Waals surface area contributed by atoms with Gasteiger partial charge in [0.05, 0.1) is 18.7 Å². The van der Waals surface area contributed by atoms with Gasteiger partial charge in [-0.25, -0.2) is 10.1 Å². The van der Waals surface area contributed by atoms with Crippen LogP contribution in [0.2, 0.25) is 0 Å². The normalized spacial score (nSPS) is 15.1. The lowest BCUT2D eigenvalue weighted by atomic mass is 9.93. The molecule has 0 aliphatic carbocycles. The van der Waals surface area contributed by atoms with E-state index in [1.54, 1.807) is 31.3 Å². The zero-order valence-corrected chi connectivity index (χ0v) is 27.4. The Labute approximate surface area is 273 Å². The Kier molecular flexibility index (Phi) is 14.6. The molecule has 4 N–H and O–H groups in total. The summed E-state index contributed by atoms with van der Waals surface area (Å²) in [6, 6.07) is 15.5. The molecule has 0 radical (unpaired) electrons. The number of unbranched alkanes of at least 4 members (excludes halogenated alkanes) is 1. The van der Waals surface area contributed by atoms with Crippen LogP contribution in [0.3, 0.4) is 0 Å². The summed E-state index contributed by atoms with van der Waals surface area (Å²) >= 11 is 0. The van der Waals surface area contributed by atoms with Crippen LogP contribution in [0, 0.1) is 11.3 Å². The molecule has 11 nitrogen and oxygen atoms in total. The highest BCUT2D eigenvalue weighted by atomic mass is 16.7. The highest BCUT2D eigenvalue weighted by molar-refractivity contribution is 6.01. The average molecular weight is 632 g/mol. The second-order valence-corrected chi connectivity index (χ2v) is 11.3. The van der Waals surface area contributed by atoms with E-state index in [-0.39, 0.29) is 11.7 Å². The van der Waals surface area contributed by atoms with E-state index in [2.05, 4.69) is 69.9 Å². The molecule has 248 valence electrons. The first-order valence-corrected chi connectivity index (χ1v) is 15.8. The minimum absolute atomic E-state index is 0.0963. The number of hydroxylamine groups is 2. The first-order chi connectivity index (χ1) is 22.3. The smallest absolute Gasteiger partial charge is 0.277 e. The maximum Gasteiger partial charge on any atom is 0.277 e. The minimum Gasteiger partial charge on any atom is -0.400 e. The SMILES string of the molecule is C=NC(=N)C1=C(NCCCC)N(Cc2ccc(CN3CCC(CCON(C)C(=O)c4ccccc4C=O)CC3)cc2)C(=C)N1.CO. The molecule has 0 unspecified atom stereocenters. The molecule has 2 aromatic carbocycles. The van der Waals surface area contributed by atoms with Crippen LogP contribution in [0.1, 0.15) is 70.9 Å². The molecule has 1 amide bonds. The highest BCUT2D eigenvalue weighted by Gasteiger charge is 2.28. The van der Waals surface area contributed by atoms with Crippen molar-refractivity contribution >= 4 is 24.7 Å². The van der Waals surface area contributed by atoms with Crippen LogP contribution in [0.4, 0.5) is 0 Å². The molecule has 1 fully saturated rings. The van der Waals surface area contributed by atoms with Crippen molar-refractivity contribution in [3.05, 3.63) is 94.7 Å². The van der Waals surface area contributed by atoms with Gasteiger partial charge in [-0.05, 0) is 68.6 Å². The number of aliphatic hydroxyl groups is 1. The van der Waals surface area contributed by atoms with Crippen molar-refractivity contribution in [3.63, 3.8) is 0 Å². The van der Waals surface area contributed by atoms with Gasteiger partial charge in [0.1, 0.15) is 17.3 Å². The molecule has 0 spiro atoms. The molecule has 2 aromatic rings. The van der Waals surface area contributed by atoms with Gasteiger partial charge < -0.3 is 20.6 Å². The van der Waals surface area contributed by atoms with Gasteiger partial charge in [0.25, 0.3) is 5.91 Å². The topological polar surface area (TPSA) is 134 Å². The van der Waals surface area contributed by atoms with E-state index in [4.69, 9.17) is 15.4 Å². The molecule has 2 heterocycles. The second-order valence-electron chi connectivity index (χ2n) is 11.3. The molecular formula is C35H49N7O4. The molecule has 0 saturated carbocycles. The van der Waals surface area contributed by atoms with Gasteiger partial charge in [-0.2, -0.15) is 0 Å². The number of carbonyl (C=O) groups excluding carboxylic acids is 2. The molecular weight excluding hydrogens is 582 g/mol. The number of rotatable bonds is 15. The van der Waals surface area contributed by atoms with Gasteiger partial charge in [-0.1, -0.05) is 62.4 Å². The van der Waals surface area contributed by atoms with E-state index in [1.165, 1.54) is 10.6 Å². The third kappa shape index (κ3) is 9.84. The fourth-order valence-corrected chi connectivity index (χ4v) is 5.54. The van der Waals surface area contributed by atoms with Crippen LogP contribution in [-0.4, -0.2) is 85.1 Å². The fraction of sp³-hybridized carbons (Fsp3) is 0.429. The maximum atomic E-state index is 12.7. The zero-order valence-electron chi connectivity index (χ0n) is 27.4. The van der Waals surface area contributed by atoms with Gasteiger partial charge in [-0.15, -0.1) is 0 Å². The average Bonchev–Trinajstić information content (AvgIpc) is 3.40. The number of nitrogens with zero attached hydrogens (tertiary/aromatic N) is 4. The second kappa shape index (κ2) is 18.6. The van der Waals surface area contributed by atoms with Crippen LogP contribution in [0.15, 0.2) is 77.4 Å². The lowest BCUT2D eigenvalue weighted by Gasteiger charge is -2.32. The molecule has 2 aliphatic rings. The fourth-order valence-electron chi connectivity index (χ4n) is 5.54. The van der Waals surface area contributed by atoms with Crippen LogP contribution in [0.25, 0.3) is 0 Å². The number of piperidine rings is 1. The third-order valence-corrected chi connectivity index (χ3v) is 8.21. The Hall–Kier alpha value is -4.32. The van der Waals surface area contributed by atoms with Gasteiger partial charge in [0.2, 0.25) is 0 Å². The number of hydrogen-bond donors (Lipinski definition) is 4. The largest absolute Gasteiger partial charge is 0.400 e. The molecule has 0 bridgehead atoms. The Bertz CT molecular complexity index is 1370. The first-order valence-electron chi connectivity index (χ1n) is 15.8. The summed E-state index contributed by atoms with van der Waals surface area (Å²) < 4.78 is 0. The Morgan fingerprint density at radius 2 is 1.80 bits per heavy atom. The monoisotopic (exact) mass is 631 g/mol. The lowest BCUT2D eigenvalue weighted by Crippen LogP contribution is -2.34. The van der Waals surface area contributed by atoms with Gasteiger partial charge in [-0.3, -0.25) is 24.7 Å². The number of amidine groups is 1. The number of aliphatic hydroxyl groups excluding tert-OH is 1. The predicted octanol–water partition coefficient (Wildman–Crippen LogP) is 4.53. The van der Waals surface area contributed by atoms with Crippen molar-refractivity contribution < 1.29 is 19.5 Å².